The Bertz CT molecular complexity index is 209. The van der Waals surface area contributed by atoms with Crippen molar-refractivity contribution in [2.45, 2.75) is 0 Å². The number of hydrogen-bond acceptors (Lipinski definition) is 4. The fourth-order valence-corrected chi connectivity index (χ4v) is 2.62. The SMILES string of the molecule is CO[Si](OC)(OC)c1ccco1. The van der Waals surface area contributed by atoms with E-state index in [-0.39, 0.29) is 0 Å². The van der Waals surface area contributed by atoms with Gasteiger partial charge in [-0.3, -0.25) is 0 Å². The highest BCUT2D eigenvalue weighted by Crippen LogP contribution is 2.06. The van der Waals surface area contributed by atoms with Crippen LogP contribution in [-0.4, -0.2) is 30.1 Å². The summed E-state index contributed by atoms with van der Waals surface area (Å²) in [6.07, 6.45) is 1.56. The molecule has 0 aliphatic rings. The van der Waals surface area contributed by atoms with Gasteiger partial charge in [0.05, 0.1) is 6.26 Å². The van der Waals surface area contributed by atoms with Gasteiger partial charge < -0.3 is 17.7 Å². The predicted molar refractivity (Wildman–Crippen MR) is 45.1 cm³/mol. The highest BCUT2D eigenvalue weighted by Gasteiger charge is 2.44. The first-order valence-corrected chi connectivity index (χ1v) is 5.21. The molecule has 5 heteroatoms. The largest absolute Gasteiger partial charge is 0.573 e. The van der Waals surface area contributed by atoms with Crippen LogP contribution in [0.4, 0.5) is 0 Å². The van der Waals surface area contributed by atoms with Crippen LogP contribution in [0.1, 0.15) is 0 Å². The lowest BCUT2D eigenvalue weighted by atomic mass is 10.7. The maximum absolute atomic E-state index is 5.18. The van der Waals surface area contributed by atoms with Crippen molar-refractivity contribution in [3.05, 3.63) is 18.4 Å². The molecular weight excluding hydrogens is 176 g/mol. The number of hydrogen-bond donors (Lipinski definition) is 0. The molecule has 0 aliphatic carbocycles. The van der Waals surface area contributed by atoms with Crippen LogP contribution in [0.3, 0.4) is 0 Å². The van der Waals surface area contributed by atoms with Gasteiger partial charge in [0.15, 0.2) is 5.38 Å². The van der Waals surface area contributed by atoms with Gasteiger partial charge in [0.2, 0.25) is 0 Å². The van der Waals surface area contributed by atoms with E-state index in [0.29, 0.717) is 5.38 Å². The summed E-state index contributed by atoms with van der Waals surface area (Å²) in [7, 11) is 1.92. The van der Waals surface area contributed by atoms with Crippen LogP contribution in [-0.2, 0) is 13.3 Å². The Morgan fingerprint density at radius 1 is 1.17 bits per heavy atom. The summed E-state index contributed by atoms with van der Waals surface area (Å²) in [5.41, 5.74) is 0. The second-order valence-corrected chi connectivity index (χ2v) is 4.98. The lowest BCUT2D eigenvalue weighted by molar-refractivity contribution is 0.134. The molecule has 0 saturated heterocycles. The first-order valence-electron chi connectivity index (χ1n) is 3.48. The molecule has 0 spiro atoms. The van der Waals surface area contributed by atoms with Crippen molar-refractivity contribution in [3.63, 3.8) is 0 Å². The van der Waals surface area contributed by atoms with Crippen molar-refractivity contribution in [2.75, 3.05) is 21.3 Å². The van der Waals surface area contributed by atoms with Gasteiger partial charge in [0.1, 0.15) is 0 Å². The Kier molecular flexibility index (Phi) is 3.04. The third-order valence-electron chi connectivity index (χ3n) is 1.63. The maximum Gasteiger partial charge on any atom is 0.573 e. The quantitative estimate of drug-likeness (QED) is 0.640. The summed E-state index contributed by atoms with van der Waals surface area (Å²) >= 11 is 0. The summed E-state index contributed by atoms with van der Waals surface area (Å²) in [6.45, 7) is 0. The zero-order valence-electron chi connectivity index (χ0n) is 7.37. The van der Waals surface area contributed by atoms with Crippen molar-refractivity contribution < 1.29 is 17.7 Å². The van der Waals surface area contributed by atoms with E-state index in [2.05, 4.69) is 0 Å². The van der Waals surface area contributed by atoms with Crippen LogP contribution in [0, 0.1) is 0 Å². The average Bonchev–Trinajstić information content (AvgIpc) is 2.62. The molecule has 0 unspecified atom stereocenters. The standard InChI is InChI=1S/C7H12O4Si/c1-8-12(9-2,10-3)7-5-4-6-11-7/h4-6H,1-3H3. The second-order valence-electron chi connectivity index (χ2n) is 2.15. The Labute approximate surface area is 72.4 Å². The molecule has 0 aromatic carbocycles. The molecule has 1 rings (SSSR count). The molecule has 1 aromatic rings. The van der Waals surface area contributed by atoms with Gasteiger partial charge in [-0.05, 0) is 12.1 Å². The topological polar surface area (TPSA) is 40.8 Å². The molecule has 0 radical (unpaired) electrons. The van der Waals surface area contributed by atoms with Gasteiger partial charge in [-0.2, -0.15) is 0 Å². The zero-order valence-corrected chi connectivity index (χ0v) is 8.37. The van der Waals surface area contributed by atoms with Crippen molar-refractivity contribution >= 4 is 14.2 Å². The molecule has 1 aromatic heterocycles. The number of rotatable bonds is 4. The summed E-state index contributed by atoms with van der Waals surface area (Å²) in [5, 5.41) is 0.620. The number of furan rings is 1. The molecule has 0 N–H and O–H groups in total. The molecule has 0 aliphatic heterocycles. The second kappa shape index (κ2) is 3.86. The summed E-state index contributed by atoms with van der Waals surface area (Å²) in [6, 6.07) is 3.55. The first kappa shape index (κ1) is 9.46. The normalized spacial score (nSPS) is 11.9. The van der Waals surface area contributed by atoms with E-state index >= 15 is 0 Å². The molecule has 68 valence electrons. The molecule has 0 saturated carbocycles. The Hall–Kier alpha value is -0.623. The summed E-state index contributed by atoms with van der Waals surface area (Å²) < 4.78 is 20.7. The first-order chi connectivity index (χ1) is 5.79. The monoisotopic (exact) mass is 188 g/mol. The van der Waals surface area contributed by atoms with Crippen LogP contribution in [0.5, 0.6) is 0 Å². The average molecular weight is 188 g/mol. The minimum Gasteiger partial charge on any atom is -0.466 e. The summed E-state index contributed by atoms with van der Waals surface area (Å²) in [5.74, 6) is 0. The molecule has 0 atom stereocenters. The molecule has 1 heterocycles. The molecule has 0 bridgehead atoms. The van der Waals surface area contributed by atoms with E-state index in [0.717, 1.165) is 0 Å². The lowest BCUT2D eigenvalue weighted by Crippen LogP contribution is -2.54. The van der Waals surface area contributed by atoms with Gasteiger partial charge in [0, 0.05) is 21.3 Å². The van der Waals surface area contributed by atoms with Crippen LogP contribution in [0.2, 0.25) is 0 Å². The Morgan fingerprint density at radius 3 is 2.08 bits per heavy atom. The van der Waals surface area contributed by atoms with Gasteiger partial charge in [0.25, 0.3) is 0 Å². The fraction of sp³-hybridized carbons (Fsp3) is 0.429. The Morgan fingerprint density at radius 2 is 1.75 bits per heavy atom. The fourth-order valence-electron chi connectivity index (χ4n) is 1.00. The summed E-state index contributed by atoms with van der Waals surface area (Å²) in [4.78, 5) is 0. The molecule has 0 amide bonds. The van der Waals surface area contributed by atoms with Crippen LogP contribution in [0.25, 0.3) is 0 Å². The van der Waals surface area contributed by atoms with E-state index in [9.17, 15) is 0 Å². The van der Waals surface area contributed by atoms with Crippen molar-refractivity contribution in [1.82, 2.24) is 0 Å². The van der Waals surface area contributed by atoms with E-state index in [1.54, 1.807) is 39.7 Å². The van der Waals surface area contributed by atoms with Gasteiger partial charge >= 0.3 is 8.80 Å². The smallest absolute Gasteiger partial charge is 0.466 e. The minimum atomic E-state index is -2.71. The molecule has 0 fully saturated rings. The zero-order chi connectivity index (χ0) is 9.03. The van der Waals surface area contributed by atoms with Crippen LogP contribution in [0.15, 0.2) is 22.8 Å². The van der Waals surface area contributed by atoms with Gasteiger partial charge in [-0.15, -0.1) is 0 Å². The van der Waals surface area contributed by atoms with E-state index < -0.39 is 8.80 Å². The van der Waals surface area contributed by atoms with Crippen LogP contribution < -0.4 is 5.38 Å². The predicted octanol–water partition coefficient (Wildman–Crippen LogP) is 0.365. The Balaban J connectivity index is 2.93. The van der Waals surface area contributed by atoms with E-state index in [1.165, 1.54) is 0 Å². The van der Waals surface area contributed by atoms with Crippen LogP contribution >= 0.6 is 0 Å². The van der Waals surface area contributed by atoms with Gasteiger partial charge in [-0.25, -0.2) is 0 Å². The molecule has 12 heavy (non-hydrogen) atoms. The minimum absolute atomic E-state index is 0.620. The van der Waals surface area contributed by atoms with Crippen molar-refractivity contribution in [3.8, 4) is 0 Å². The van der Waals surface area contributed by atoms with E-state index in [4.69, 9.17) is 17.7 Å². The van der Waals surface area contributed by atoms with Crippen molar-refractivity contribution in [2.24, 2.45) is 0 Å². The third kappa shape index (κ3) is 1.44. The third-order valence-corrected chi connectivity index (χ3v) is 4.13. The van der Waals surface area contributed by atoms with Crippen molar-refractivity contribution in [1.29, 1.82) is 0 Å². The highest BCUT2D eigenvalue weighted by molar-refractivity contribution is 6.74. The maximum atomic E-state index is 5.18. The molecular formula is C7H12O4Si. The van der Waals surface area contributed by atoms with Gasteiger partial charge in [-0.1, -0.05) is 0 Å². The highest BCUT2D eigenvalue weighted by atomic mass is 28.4. The molecule has 4 nitrogen and oxygen atoms in total. The van der Waals surface area contributed by atoms with E-state index in [1.807, 2.05) is 0 Å². The lowest BCUT2D eigenvalue weighted by Gasteiger charge is -2.21.